The van der Waals surface area contributed by atoms with Crippen LogP contribution in [0, 0.1) is 0 Å². The van der Waals surface area contributed by atoms with Gasteiger partial charge in [-0.25, -0.2) is 14.8 Å². The molecule has 0 N–H and O–H groups in total. The highest BCUT2D eigenvalue weighted by Crippen LogP contribution is 2.31. The molecule has 1 aliphatic heterocycles. The Balaban J connectivity index is 1.70. The molecule has 0 aliphatic carbocycles. The molecule has 0 radical (unpaired) electrons. The zero-order valence-corrected chi connectivity index (χ0v) is 19.5. The Morgan fingerprint density at radius 1 is 1.15 bits per heavy atom. The molecule has 4 rings (SSSR count). The summed E-state index contributed by atoms with van der Waals surface area (Å²) in [5, 5.41) is 4.46. The van der Waals surface area contributed by atoms with Crippen molar-refractivity contribution in [3.63, 3.8) is 0 Å². The summed E-state index contributed by atoms with van der Waals surface area (Å²) in [6, 6.07) is 6.97. The summed E-state index contributed by atoms with van der Waals surface area (Å²) in [4.78, 5) is 23.5. The van der Waals surface area contributed by atoms with E-state index in [9.17, 15) is 18.0 Å². The molecule has 0 saturated carbocycles. The molecule has 3 aromatic rings. The lowest BCUT2D eigenvalue weighted by Crippen LogP contribution is -2.40. The summed E-state index contributed by atoms with van der Waals surface area (Å²) in [5.74, 6) is 0.366. The number of carbonyl (C=O) groups is 1. The van der Waals surface area contributed by atoms with E-state index in [-0.39, 0.29) is 13.0 Å². The monoisotopic (exact) mass is 473 g/mol. The van der Waals surface area contributed by atoms with E-state index >= 15 is 0 Å². The van der Waals surface area contributed by atoms with Crippen molar-refractivity contribution < 1.29 is 22.7 Å². The number of nitrogens with zero attached hydrogens (tertiary/aromatic N) is 5. The number of ether oxygens (including phenoxy) is 1. The fraction of sp³-hybridized carbons (Fsp3) is 0.417. The van der Waals surface area contributed by atoms with Crippen molar-refractivity contribution in [2.45, 2.75) is 51.9 Å². The third kappa shape index (κ3) is 5.37. The van der Waals surface area contributed by atoms with Crippen LogP contribution in [0.5, 0.6) is 0 Å². The van der Waals surface area contributed by atoms with E-state index in [1.165, 1.54) is 6.07 Å². The fourth-order valence-corrected chi connectivity index (χ4v) is 3.84. The Morgan fingerprint density at radius 2 is 1.91 bits per heavy atom. The summed E-state index contributed by atoms with van der Waals surface area (Å²) < 4.78 is 46.7. The molecule has 0 atom stereocenters. The highest BCUT2D eigenvalue weighted by atomic mass is 19.4. The molecule has 1 aliphatic rings. The Labute approximate surface area is 195 Å². The molecule has 1 amide bonds. The van der Waals surface area contributed by atoms with Gasteiger partial charge in [-0.3, -0.25) is 4.68 Å². The highest BCUT2D eigenvalue weighted by molar-refractivity contribution is 5.69. The molecule has 0 unspecified atom stereocenters. The topological polar surface area (TPSA) is 73.1 Å². The van der Waals surface area contributed by atoms with Crippen LogP contribution in [0.15, 0.2) is 36.5 Å². The van der Waals surface area contributed by atoms with E-state index in [4.69, 9.17) is 4.74 Å². The number of fused-ring (bicyclic) bond motifs is 1. The minimum Gasteiger partial charge on any atom is -0.444 e. The van der Waals surface area contributed by atoms with Crippen LogP contribution in [-0.4, -0.2) is 42.9 Å². The summed E-state index contributed by atoms with van der Waals surface area (Å²) >= 11 is 0. The van der Waals surface area contributed by atoms with Crippen LogP contribution in [0.3, 0.4) is 0 Å². The predicted molar refractivity (Wildman–Crippen MR) is 119 cm³/mol. The molecule has 0 fully saturated rings. The van der Waals surface area contributed by atoms with Gasteiger partial charge >= 0.3 is 12.3 Å². The number of benzene rings is 1. The third-order valence-corrected chi connectivity index (χ3v) is 5.34. The van der Waals surface area contributed by atoms with Crippen LogP contribution < -0.4 is 0 Å². The molecule has 34 heavy (non-hydrogen) atoms. The molecule has 180 valence electrons. The van der Waals surface area contributed by atoms with Gasteiger partial charge in [0.2, 0.25) is 0 Å². The van der Waals surface area contributed by atoms with Gasteiger partial charge in [-0.05, 0) is 44.9 Å². The van der Waals surface area contributed by atoms with Gasteiger partial charge in [0.05, 0.1) is 23.5 Å². The first kappa shape index (κ1) is 23.7. The van der Waals surface area contributed by atoms with Crippen molar-refractivity contribution in [1.29, 1.82) is 0 Å². The molecule has 7 nitrogen and oxygen atoms in total. The number of aryl methyl sites for hydroxylation is 1. The lowest BCUT2D eigenvalue weighted by Gasteiger charge is -2.31. The molecule has 0 spiro atoms. The highest BCUT2D eigenvalue weighted by Gasteiger charge is 2.31. The maximum Gasteiger partial charge on any atom is 0.416 e. The number of hydrogen-bond donors (Lipinski definition) is 0. The van der Waals surface area contributed by atoms with E-state index in [1.54, 1.807) is 49.7 Å². The largest absolute Gasteiger partial charge is 0.444 e. The molecular formula is C24H26F3N5O2. The second-order valence-electron chi connectivity index (χ2n) is 9.32. The van der Waals surface area contributed by atoms with Crippen molar-refractivity contribution >= 4 is 6.09 Å². The molecule has 1 aromatic carbocycles. The number of amides is 1. The number of rotatable bonds is 3. The maximum atomic E-state index is 13.2. The first-order valence-electron chi connectivity index (χ1n) is 10.9. The number of halogens is 3. The van der Waals surface area contributed by atoms with E-state index < -0.39 is 23.4 Å². The zero-order valence-electron chi connectivity index (χ0n) is 19.5. The molecule has 10 heteroatoms. The Hall–Kier alpha value is -3.43. The van der Waals surface area contributed by atoms with Gasteiger partial charge in [0.1, 0.15) is 17.1 Å². The lowest BCUT2D eigenvalue weighted by atomic mass is 10.0. The zero-order chi connectivity index (χ0) is 24.7. The number of alkyl halides is 3. The van der Waals surface area contributed by atoms with Gasteiger partial charge in [-0.1, -0.05) is 18.2 Å². The SMILES string of the molecule is Cn1ccc(-c2nc(Cc3cccc(C(F)(F)F)c3)nc3c2CCN(C(=O)OC(C)(C)C)C3)n1. The Kier molecular flexibility index (Phi) is 6.09. The molecule has 0 saturated heterocycles. The molecule has 3 heterocycles. The minimum absolute atomic E-state index is 0.115. The number of carbonyl (C=O) groups excluding carboxylic acids is 1. The van der Waals surface area contributed by atoms with Gasteiger partial charge in [-0.15, -0.1) is 0 Å². The van der Waals surface area contributed by atoms with E-state index in [1.807, 2.05) is 6.07 Å². The van der Waals surface area contributed by atoms with Gasteiger partial charge in [-0.2, -0.15) is 18.3 Å². The smallest absolute Gasteiger partial charge is 0.416 e. The standard InChI is InChI=1S/C24H26F3N5O2/c1-23(2,3)34-22(33)32-11-8-17-19(14-32)28-20(29-21(17)18-9-10-31(4)30-18)13-15-6-5-7-16(12-15)24(25,26)27/h5-7,9-10,12H,8,11,13-14H2,1-4H3. The van der Waals surface area contributed by atoms with Gasteiger partial charge in [0.25, 0.3) is 0 Å². The normalized spacial score (nSPS) is 14.1. The van der Waals surface area contributed by atoms with Gasteiger partial charge in [0.15, 0.2) is 0 Å². The molecule has 0 bridgehead atoms. The first-order chi connectivity index (χ1) is 15.9. The van der Waals surface area contributed by atoms with Gasteiger partial charge in [0, 0.05) is 31.8 Å². The number of hydrogen-bond acceptors (Lipinski definition) is 5. The van der Waals surface area contributed by atoms with Crippen LogP contribution in [-0.2, 0) is 37.3 Å². The summed E-state index contributed by atoms with van der Waals surface area (Å²) in [7, 11) is 1.80. The molecule has 2 aromatic heterocycles. The molecular weight excluding hydrogens is 447 g/mol. The number of aromatic nitrogens is 4. The van der Waals surface area contributed by atoms with Gasteiger partial charge < -0.3 is 9.64 Å². The van der Waals surface area contributed by atoms with E-state index in [2.05, 4.69) is 15.1 Å². The van der Waals surface area contributed by atoms with E-state index in [0.29, 0.717) is 41.4 Å². The maximum absolute atomic E-state index is 13.2. The van der Waals surface area contributed by atoms with E-state index in [0.717, 1.165) is 17.7 Å². The van der Waals surface area contributed by atoms with Crippen LogP contribution in [0.1, 0.15) is 49.0 Å². The Morgan fingerprint density at radius 3 is 2.56 bits per heavy atom. The average molecular weight is 473 g/mol. The summed E-state index contributed by atoms with van der Waals surface area (Å²) in [6.45, 7) is 6.08. The van der Waals surface area contributed by atoms with Crippen LogP contribution in [0.4, 0.5) is 18.0 Å². The van der Waals surface area contributed by atoms with Crippen molar-refractivity contribution in [3.05, 3.63) is 64.7 Å². The fourth-order valence-electron chi connectivity index (χ4n) is 3.84. The lowest BCUT2D eigenvalue weighted by molar-refractivity contribution is -0.137. The van der Waals surface area contributed by atoms with Crippen molar-refractivity contribution in [2.75, 3.05) is 6.54 Å². The second-order valence-corrected chi connectivity index (χ2v) is 9.32. The van der Waals surface area contributed by atoms with Crippen LogP contribution >= 0.6 is 0 Å². The summed E-state index contributed by atoms with van der Waals surface area (Å²) in [6.07, 6.45) is -2.43. The van der Waals surface area contributed by atoms with Crippen molar-refractivity contribution in [2.24, 2.45) is 7.05 Å². The second kappa shape index (κ2) is 8.73. The summed E-state index contributed by atoms with van der Waals surface area (Å²) in [5.41, 5.74) is 1.91. The van der Waals surface area contributed by atoms with Crippen molar-refractivity contribution in [1.82, 2.24) is 24.6 Å². The Bertz CT molecular complexity index is 1210. The minimum atomic E-state index is -4.43. The van der Waals surface area contributed by atoms with Crippen LogP contribution in [0.2, 0.25) is 0 Å². The van der Waals surface area contributed by atoms with Crippen LogP contribution in [0.25, 0.3) is 11.4 Å². The third-order valence-electron chi connectivity index (χ3n) is 5.34. The predicted octanol–water partition coefficient (Wildman–Crippen LogP) is 4.78. The quantitative estimate of drug-likeness (QED) is 0.548. The first-order valence-corrected chi connectivity index (χ1v) is 10.9. The average Bonchev–Trinajstić information content (AvgIpc) is 3.17. The van der Waals surface area contributed by atoms with Crippen molar-refractivity contribution in [3.8, 4) is 11.4 Å².